The molecule has 1 aromatic carbocycles. The highest BCUT2D eigenvalue weighted by atomic mass is 79.9. The van der Waals surface area contributed by atoms with Crippen LogP contribution in [-0.2, 0) is 10.0 Å². The van der Waals surface area contributed by atoms with E-state index < -0.39 is 15.8 Å². The Labute approximate surface area is 145 Å². The van der Waals surface area contributed by atoms with Crippen molar-refractivity contribution in [2.45, 2.75) is 17.4 Å². The highest BCUT2D eigenvalue weighted by Crippen LogP contribution is 2.37. The van der Waals surface area contributed by atoms with Gasteiger partial charge in [0.05, 0.1) is 5.52 Å². The van der Waals surface area contributed by atoms with E-state index in [4.69, 9.17) is 21.8 Å². The Morgan fingerprint density at radius 2 is 2.18 bits per heavy atom. The Kier molecular flexibility index (Phi) is 4.96. The third-order valence-electron chi connectivity index (χ3n) is 3.35. The average Bonchev–Trinajstić information content (AvgIpc) is 2.95. The lowest BCUT2D eigenvalue weighted by molar-refractivity contribution is 0.472. The van der Waals surface area contributed by atoms with Gasteiger partial charge in [0.1, 0.15) is 9.92 Å². The van der Waals surface area contributed by atoms with E-state index in [2.05, 4.69) is 20.9 Å². The van der Waals surface area contributed by atoms with Gasteiger partial charge in [-0.2, -0.15) is 4.31 Å². The van der Waals surface area contributed by atoms with Gasteiger partial charge in [-0.15, -0.1) is 12.4 Å². The third kappa shape index (κ3) is 2.81. The number of hydrogen-bond acceptors (Lipinski definition) is 5. The number of benzene rings is 1. The molecule has 122 valence electrons. The van der Waals surface area contributed by atoms with Gasteiger partial charge in [-0.3, -0.25) is 4.98 Å². The highest BCUT2D eigenvalue weighted by Gasteiger charge is 2.35. The molecule has 2 heterocycles. The van der Waals surface area contributed by atoms with E-state index >= 15 is 0 Å². The summed E-state index contributed by atoms with van der Waals surface area (Å²) in [6.45, 7) is 0.571. The second-order valence-corrected chi connectivity index (χ2v) is 7.91. The molecule has 0 unspecified atom stereocenters. The van der Waals surface area contributed by atoms with E-state index in [1.807, 2.05) is 0 Å². The predicted octanol–water partition coefficient (Wildman–Crippen LogP) is 1.68. The number of H-pyrrole nitrogens is 1. The third-order valence-corrected chi connectivity index (χ3v) is 6.66. The standard InChI is InChI=1S/C11H11BrClN3O4S.ClH/c12-6-3-7-9(20-11(17)15-7)8(13)10(6)21(18,19)16-2-1-5(14)4-16;/h3,5H,1-2,4,14H2,(H,15,17);1H/t5-;/m1./s1. The van der Waals surface area contributed by atoms with Crippen molar-refractivity contribution in [2.75, 3.05) is 13.1 Å². The number of nitrogens with one attached hydrogen (secondary N) is 1. The van der Waals surface area contributed by atoms with E-state index in [1.54, 1.807) is 0 Å². The summed E-state index contributed by atoms with van der Waals surface area (Å²) in [5.41, 5.74) is 6.10. The van der Waals surface area contributed by atoms with Crippen molar-refractivity contribution in [3.63, 3.8) is 0 Å². The summed E-state index contributed by atoms with van der Waals surface area (Å²) < 4.78 is 31.8. The minimum absolute atomic E-state index is 0. The topological polar surface area (TPSA) is 109 Å². The van der Waals surface area contributed by atoms with Crippen LogP contribution in [0.2, 0.25) is 5.02 Å². The van der Waals surface area contributed by atoms with E-state index in [1.165, 1.54) is 10.4 Å². The van der Waals surface area contributed by atoms with Crippen LogP contribution in [0, 0.1) is 0 Å². The minimum Gasteiger partial charge on any atom is -0.406 e. The second-order valence-electron chi connectivity index (χ2n) is 4.80. The van der Waals surface area contributed by atoms with Gasteiger partial charge in [0.25, 0.3) is 0 Å². The Balaban J connectivity index is 0.00000176. The average molecular weight is 433 g/mol. The number of aromatic amines is 1. The quantitative estimate of drug-likeness (QED) is 0.750. The largest absolute Gasteiger partial charge is 0.417 e. The van der Waals surface area contributed by atoms with Crippen LogP contribution in [0.15, 0.2) is 24.6 Å². The van der Waals surface area contributed by atoms with Gasteiger partial charge < -0.3 is 10.2 Å². The van der Waals surface area contributed by atoms with Crippen molar-refractivity contribution in [2.24, 2.45) is 5.73 Å². The molecule has 0 aliphatic carbocycles. The number of fused-ring (bicyclic) bond motifs is 1. The Morgan fingerprint density at radius 1 is 1.50 bits per heavy atom. The van der Waals surface area contributed by atoms with Crippen LogP contribution in [0.25, 0.3) is 11.1 Å². The zero-order chi connectivity index (χ0) is 15.4. The molecule has 1 aliphatic rings. The number of nitrogens with zero attached hydrogens (tertiary/aromatic N) is 1. The first-order valence-corrected chi connectivity index (χ1v) is 8.68. The zero-order valence-corrected chi connectivity index (χ0v) is 15.0. The van der Waals surface area contributed by atoms with E-state index in [9.17, 15) is 13.2 Å². The Morgan fingerprint density at radius 3 is 2.77 bits per heavy atom. The number of nitrogens with two attached hydrogens (primary N) is 1. The maximum atomic E-state index is 12.7. The number of oxazole rings is 1. The van der Waals surface area contributed by atoms with Crippen molar-refractivity contribution >= 4 is 61.1 Å². The monoisotopic (exact) mass is 431 g/mol. The molecule has 1 aromatic heterocycles. The molecule has 1 saturated heterocycles. The van der Waals surface area contributed by atoms with E-state index in [-0.39, 0.29) is 45.0 Å². The number of rotatable bonds is 2. The van der Waals surface area contributed by atoms with Crippen molar-refractivity contribution in [3.8, 4) is 0 Å². The number of aromatic nitrogens is 1. The first-order chi connectivity index (χ1) is 9.80. The number of halogens is 3. The Bertz CT molecular complexity index is 879. The summed E-state index contributed by atoms with van der Waals surface area (Å²) in [6, 6.07) is 1.26. The summed E-state index contributed by atoms with van der Waals surface area (Å²) in [4.78, 5) is 13.6. The summed E-state index contributed by atoms with van der Waals surface area (Å²) >= 11 is 9.33. The lowest BCUT2D eigenvalue weighted by Crippen LogP contribution is -2.32. The van der Waals surface area contributed by atoms with Crippen molar-refractivity contribution < 1.29 is 12.8 Å². The first kappa shape index (κ1) is 17.8. The minimum atomic E-state index is -3.82. The molecule has 0 saturated carbocycles. The molecule has 3 N–H and O–H groups in total. The van der Waals surface area contributed by atoms with Gasteiger partial charge >= 0.3 is 5.76 Å². The predicted molar refractivity (Wildman–Crippen MR) is 88.1 cm³/mol. The molecule has 22 heavy (non-hydrogen) atoms. The fraction of sp³-hybridized carbons (Fsp3) is 0.364. The zero-order valence-electron chi connectivity index (χ0n) is 11.0. The van der Waals surface area contributed by atoms with Crippen LogP contribution < -0.4 is 11.5 Å². The molecule has 1 aliphatic heterocycles. The van der Waals surface area contributed by atoms with Gasteiger partial charge in [-0.05, 0) is 28.4 Å². The van der Waals surface area contributed by atoms with Gasteiger partial charge in [-0.1, -0.05) is 11.6 Å². The van der Waals surface area contributed by atoms with Gasteiger partial charge in [0, 0.05) is 23.6 Å². The smallest absolute Gasteiger partial charge is 0.406 e. The Hall–Kier alpha value is -0.580. The highest BCUT2D eigenvalue weighted by molar-refractivity contribution is 9.10. The molecule has 1 atom stereocenters. The van der Waals surface area contributed by atoms with Crippen LogP contribution in [-0.4, -0.2) is 36.8 Å². The van der Waals surface area contributed by atoms with Crippen LogP contribution in [0.4, 0.5) is 0 Å². The van der Waals surface area contributed by atoms with Gasteiger partial charge in [0.15, 0.2) is 5.58 Å². The molecule has 0 amide bonds. The first-order valence-electron chi connectivity index (χ1n) is 6.07. The summed E-state index contributed by atoms with van der Waals surface area (Å²) in [7, 11) is -3.82. The summed E-state index contributed by atoms with van der Waals surface area (Å²) in [5.74, 6) is -0.698. The van der Waals surface area contributed by atoms with E-state index in [0.717, 1.165) is 0 Å². The SMILES string of the molecule is Cl.N[C@@H]1CCN(S(=O)(=O)c2c(Br)cc3[nH]c(=O)oc3c2Cl)C1. The van der Waals surface area contributed by atoms with E-state index in [0.29, 0.717) is 18.5 Å². The molecule has 1 fully saturated rings. The number of hydrogen-bond donors (Lipinski definition) is 2. The van der Waals surface area contributed by atoms with Crippen molar-refractivity contribution in [1.82, 2.24) is 9.29 Å². The molecule has 3 rings (SSSR count). The maximum absolute atomic E-state index is 12.7. The van der Waals surface area contributed by atoms with Crippen LogP contribution >= 0.6 is 39.9 Å². The fourth-order valence-electron chi connectivity index (χ4n) is 2.34. The normalized spacial score (nSPS) is 19.5. The molecular weight excluding hydrogens is 421 g/mol. The summed E-state index contributed by atoms with van der Waals surface area (Å²) in [6.07, 6.45) is 0.593. The van der Waals surface area contributed by atoms with Crippen LogP contribution in [0.3, 0.4) is 0 Å². The lowest BCUT2D eigenvalue weighted by Gasteiger charge is -2.18. The van der Waals surface area contributed by atoms with Crippen LogP contribution in [0.5, 0.6) is 0 Å². The van der Waals surface area contributed by atoms with Gasteiger partial charge in [-0.25, -0.2) is 13.2 Å². The molecule has 2 aromatic rings. The number of sulfonamides is 1. The summed E-state index contributed by atoms with van der Waals surface area (Å²) in [5, 5.41) is -0.127. The maximum Gasteiger partial charge on any atom is 0.417 e. The molecular formula is C11H12BrCl2N3O4S. The van der Waals surface area contributed by atoms with Gasteiger partial charge in [0.2, 0.25) is 10.0 Å². The van der Waals surface area contributed by atoms with Crippen LogP contribution in [0.1, 0.15) is 6.42 Å². The molecule has 7 nitrogen and oxygen atoms in total. The van der Waals surface area contributed by atoms with Crippen molar-refractivity contribution in [1.29, 1.82) is 0 Å². The molecule has 0 bridgehead atoms. The molecule has 0 spiro atoms. The lowest BCUT2D eigenvalue weighted by atomic mass is 10.3. The van der Waals surface area contributed by atoms with Crippen molar-refractivity contribution in [3.05, 3.63) is 26.1 Å². The fourth-order valence-corrected chi connectivity index (χ4v) is 5.65. The second kappa shape index (κ2) is 6.14. The molecule has 11 heteroatoms. The molecule has 0 radical (unpaired) electrons.